The van der Waals surface area contributed by atoms with E-state index in [4.69, 9.17) is 19.3 Å². The number of nitrogens with one attached hydrogen (secondary N) is 1. The number of morpholine rings is 1. The van der Waals surface area contributed by atoms with Crippen LogP contribution < -0.4 is 14.8 Å². The highest BCUT2D eigenvalue weighted by atomic mass is 32.2. The highest BCUT2D eigenvalue weighted by Gasteiger charge is 2.26. The Morgan fingerprint density at radius 3 is 2.63 bits per heavy atom. The van der Waals surface area contributed by atoms with Crippen LogP contribution in [0.15, 0.2) is 41.4 Å². The lowest BCUT2D eigenvalue weighted by atomic mass is 10.1. The van der Waals surface area contributed by atoms with Crippen LogP contribution in [0.1, 0.15) is 18.5 Å². The summed E-state index contributed by atoms with van der Waals surface area (Å²) in [6.07, 6.45) is 1.37. The number of rotatable bonds is 9. The molecule has 0 bridgehead atoms. The Morgan fingerprint density at radius 2 is 2.00 bits per heavy atom. The van der Waals surface area contributed by atoms with Gasteiger partial charge in [-0.05, 0) is 36.8 Å². The van der Waals surface area contributed by atoms with E-state index in [1.807, 2.05) is 19.1 Å². The van der Waals surface area contributed by atoms with Gasteiger partial charge >= 0.3 is 0 Å². The first-order chi connectivity index (χ1) is 14.5. The molecule has 3 rings (SSSR count). The van der Waals surface area contributed by atoms with Crippen LogP contribution in [-0.4, -0.2) is 69.4 Å². The summed E-state index contributed by atoms with van der Waals surface area (Å²) >= 11 is 0. The molecule has 9 nitrogen and oxygen atoms in total. The second-order valence-electron chi connectivity index (χ2n) is 6.74. The van der Waals surface area contributed by atoms with E-state index in [0.717, 1.165) is 5.56 Å². The Labute approximate surface area is 176 Å². The molecule has 0 spiro atoms. The molecule has 2 aromatic rings. The Bertz CT molecular complexity index is 930. The number of hydrogen-bond acceptors (Lipinski definition) is 8. The number of nitrogens with zero attached hydrogens (tertiary/aromatic N) is 2. The molecule has 0 saturated carbocycles. The van der Waals surface area contributed by atoms with E-state index in [1.54, 1.807) is 25.3 Å². The molecule has 2 heterocycles. The number of benzene rings is 1. The summed E-state index contributed by atoms with van der Waals surface area (Å²) in [5.41, 5.74) is 0.940. The summed E-state index contributed by atoms with van der Waals surface area (Å²) in [5.74, 6) is 1.68. The normalized spacial score (nSPS) is 16.1. The number of aromatic nitrogens is 1. The summed E-state index contributed by atoms with van der Waals surface area (Å²) < 4.78 is 42.8. The Balaban J connectivity index is 1.69. The molecule has 0 amide bonds. The molecule has 0 radical (unpaired) electrons. The van der Waals surface area contributed by atoms with Crippen molar-refractivity contribution in [3.8, 4) is 11.5 Å². The molecule has 10 heteroatoms. The van der Waals surface area contributed by atoms with Gasteiger partial charge in [-0.2, -0.15) is 4.31 Å². The average Bonchev–Trinajstić information content (AvgIpc) is 2.78. The maximum atomic E-state index is 12.7. The van der Waals surface area contributed by atoms with Gasteiger partial charge < -0.3 is 24.6 Å². The number of pyridine rings is 1. The third-order valence-electron chi connectivity index (χ3n) is 4.75. The van der Waals surface area contributed by atoms with Crippen molar-refractivity contribution < 1.29 is 27.7 Å². The van der Waals surface area contributed by atoms with Gasteiger partial charge in [0.2, 0.25) is 10.0 Å². The van der Waals surface area contributed by atoms with Crippen LogP contribution in [0, 0.1) is 0 Å². The minimum Gasteiger partial charge on any atom is -0.493 e. The number of methoxy groups -OCH3 is 1. The molecule has 1 aliphatic rings. The zero-order valence-electron chi connectivity index (χ0n) is 17.1. The van der Waals surface area contributed by atoms with Crippen molar-refractivity contribution in [2.24, 2.45) is 0 Å². The second kappa shape index (κ2) is 10.1. The molecule has 1 atom stereocenters. The highest BCUT2D eigenvalue weighted by molar-refractivity contribution is 7.89. The number of ether oxygens (including phenoxy) is 3. The van der Waals surface area contributed by atoms with Gasteiger partial charge in [-0.15, -0.1) is 0 Å². The third kappa shape index (κ3) is 5.20. The number of anilines is 1. The first-order valence-corrected chi connectivity index (χ1v) is 11.1. The van der Waals surface area contributed by atoms with E-state index in [-0.39, 0.29) is 24.2 Å². The Hall–Kier alpha value is -2.40. The number of sulfonamides is 1. The van der Waals surface area contributed by atoms with Crippen LogP contribution in [0.5, 0.6) is 11.5 Å². The molecule has 1 aromatic heterocycles. The second-order valence-corrected chi connectivity index (χ2v) is 8.68. The molecule has 1 unspecified atom stereocenters. The van der Waals surface area contributed by atoms with Crippen molar-refractivity contribution in [3.05, 3.63) is 42.1 Å². The first-order valence-electron chi connectivity index (χ1n) is 9.68. The summed E-state index contributed by atoms with van der Waals surface area (Å²) in [6, 6.07) is 8.62. The van der Waals surface area contributed by atoms with Crippen LogP contribution >= 0.6 is 0 Å². The molecule has 0 aliphatic carbocycles. The third-order valence-corrected chi connectivity index (χ3v) is 6.63. The summed E-state index contributed by atoms with van der Waals surface area (Å²) in [5, 5.41) is 12.2. The van der Waals surface area contributed by atoms with Crippen molar-refractivity contribution in [1.82, 2.24) is 9.29 Å². The van der Waals surface area contributed by atoms with E-state index in [0.29, 0.717) is 43.6 Å². The lowest BCUT2D eigenvalue weighted by Crippen LogP contribution is -2.40. The first kappa shape index (κ1) is 22.3. The monoisotopic (exact) mass is 437 g/mol. The van der Waals surface area contributed by atoms with Crippen molar-refractivity contribution in [2.45, 2.75) is 17.9 Å². The average molecular weight is 438 g/mol. The predicted octanol–water partition coefficient (Wildman–Crippen LogP) is 1.66. The maximum Gasteiger partial charge on any atom is 0.244 e. The van der Waals surface area contributed by atoms with E-state index in [9.17, 15) is 8.42 Å². The van der Waals surface area contributed by atoms with Gasteiger partial charge in [0.05, 0.1) is 33.0 Å². The zero-order chi connectivity index (χ0) is 21.6. The van der Waals surface area contributed by atoms with Gasteiger partial charge in [-0.3, -0.25) is 0 Å². The van der Waals surface area contributed by atoms with Crippen molar-refractivity contribution in [3.63, 3.8) is 0 Å². The lowest BCUT2D eigenvalue weighted by Gasteiger charge is -2.26. The Morgan fingerprint density at radius 1 is 1.23 bits per heavy atom. The molecular formula is C20H27N3O6S. The minimum absolute atomic E-state index is 0.0776. The largest absolute Gasteiger partial charge is 0.493 e. The molecule has 1 aromatic carbocycles. The van der Waals surface area contributed by atoms with Gasteiger partial charge in [0, 0.05) is 19.3 Å². The van der Waals surface area contributed by atoms with E-state index in [2.05, 4.69) is 10.3 Å². The predicted molar refractivity (Wildman–Crippen MR) is 111 cm³/mol. The van der Waals surface area contributed by atoms with Crippen LogP contribution in [0.2, 0.25) is 0 Å². The number of aliphatic hydroxyl groups excluding tert-OH is 1. The molecule has 1 fully saturated rings. The van der Waals surface area contributed by atoms with E-state index < -0.39 is 10.0 Å². The number of hydrogen-bond donors (Lipinski definition) is 2. The minimum atomic E-state index is -3.57. The Kier molecular flexibility index (Phi) is 7.48. The van der Waals surface area contributed by atoms with E-state index in [1.165, 1.54) is 10.5 Å². The quantitative estimate of drug-likeness (QED) is 0.609. The molecule has 1 aliphatic heterocycles. The maximum absolute atomic E-state index is 12.7. The summed E-state index contributed by atoms with van der Waals surface area (Å²) in [4.78, 5) is 4.44. The summed E-state index contributed by atoms with van der Waals surface area (Å²) in [6.45, 7) is 3.56. The van der Waals surface area contributed by atoms with Crippen molar-refractivity contribution >= 4 is 15.8 Å². The highest BCUT2D eigenvalue weighted by Crippen LogP contribution is 2.31. The van der Waals surface area contributed by atoms with Crippen LogP contribution in [0.4, 0.5) is 5.82 Å². The lowest BCUT2D eigenvalue weighted by molar-refractivity contribution is 0.0730. The zero-order valence-corrected chi connectivity index (χ0v) is 17.9. The van der Waals surface area contributed by atoms with E-state index >= 15 is 0 Å². The van der Waals surface area contributed by atoms with Gasteiger partial charge in [-0.1, -0.05) is 6.07 Å². The van der Waals surface area contributed by atoms with Crippen LogP contribution in [-0.2, 0) is 14.8 Å². The van der Waals surface area contributed by atoms with Gasteiger partial charge in [0.25, 0.3) is 0 Å². The fourth-order valence-corrected chi connectivity index (χ4v) is 4.44. The SMILES string of the molecule is COc1cc(C(C)Nc2ccc(S(=O)(=O)N3CCOCC3)cn2)ccc1OCCO. The van der Waals surface area contributed by atoms with Gasteiger partial charge in [0.1, 0.15) is 17.3 Å². The molecular weight excluding hydrogens is 410 g/mol. The number of aliphatic hydroxyl groups is 1. The molecule has 1 saturated heterocycles. The van der Waals surface area contributed by atoms with Gasteiger partial charge in [-0.25, -0.2) is 13.4 Å². The fourth-order valence-electron chi connectivity index (χ4n) is 3.09. The van der Waals surface area contributed by atoms with Crippen molar-refractivity contribution in [1.29, 1.82) is 0 Å². The van der Waals surface area contributed by atoms with Crippen LogP contribution in [0.3, 0.4) is 0 Å². The topological polar surface area (TPSA) is 110 Å². The molecule has 164 valence electrons. The summed E-state index contributed by atoms with van der Waals surface area (Å²) in [7, 11) is -2.01. The van der Waals surface area contributed by atoms with Gasteiger partial charge in [0.15, 0.2) is 11.5 Å². The van der Waals surface area contributed by atoms with Crippen molar-refractivity contribution in [2.75, 3.05) is 51.9 Å². The standard InChI is InChI=1S/C20H27N3O6S/c1-15(16-3-5-18(29-12-9-24)19(13-16)27-2)22-20-6-4-17(14-21-20)30(25,26)23-7-10-28-11-8-23/h3-6,13-15,24H,7-12H2,1-2H3,(H,21,22). The fraction of sp³-hybridized carbons (Fsp3) is 0.450. The smallest absolute Gasteiger partial charge is 0.244 e. The van der Waals surface area contributed by atoms with Crippen LogP contribution in [0.25, 0.3) is 0 Å². The molecule has 2 N–H and O–H groups in total. The molecule has 30 heavy (non-hydrogen) atoms.